The molecule has 1 N–H and O–H groups in total. The Hall–Kier alpha value is -2.35. The van der Waals surface area contributed by atoms with Crippen LogP contribution in [0.4, 0.5) is 5.69 Å². The smallest absolute Gasteiger partial charge is 0.339 e. The first-order chi connectivity index (χ1) is 12.1. The van der Waals surface area contributed by atoms with Gasteiger partial charge in [-0.25, -0.2) is 4.79 Å². The molecular formula is C17H20N4O3S. The first-order valence-corrected chi connectivity index (χ1v) is 9.15. The zero-order chi connectivity index (χ0) is 17.8. The van der Waals surface area contributed by atoms with E-state index in [2.05, 4.69) is 20.1 Å². The summed E-state index contributed by atoms with van der Waals surface area (Å²) in [4.78, 5) is 24.0. The summed E-state index contributed by atoms with van der Waals surface area (Å²) in [6, 6.07) is 6.77. The number of anilines is 1. The van der Waals surface area contributed by atoms with E-state index >= 15 is 0 Å². The Morgan fingerprint density at radius 2 is 2.08 bits per heavy atom. The van der Waals surface area contributed by atoms with Crippen molar-refractivity contribution in [3.05, 3.63) is 35.7 Å². The number of hydrogen-bond acceptors (Lipinski definition) is 6. The predicted molar refractivity (Wildman–Crippen MR) is 94.8 cm³/mol. The summed E-state index contributed by atoms with van der Waals surface area (Å²) in [5.41, 5.74) is 0.770. The van der Waals surface area contributed by atoms with E-state index in [9.17, 15) is 9.59 Å². The molecule has 0 bridgehead atoms. The van der Waals surface area contributed by atoms with Crippen LogP contribution in [0, 0.1) is 0 Å². The number of benzene rings is 1. The van der Waals surface area contributed by atoms with Crippen LogP contribution in [0.25, 0.3) is 0 Å². The molecule has 1 aliphatic rings. The van der Waals surface area contributed by atoms with Crippen LogP contribution in [0.5, 0.6) is 0 Å². The molecule has 1 aromatic heterocycles. The number of nitrogens with one attached hydrogen (secondary N) is 1. The summed E-state index contributed by atoms with van der Waals surface area (Å²) in [6.45, 7) is 2.83. The molecule has 1 amide bonds. The van der Waals surface area contributed by atoms with Gasteiger partial charge in [-0.15, -0.1) is 10.2 Å². The van der Waals surface area contributed by atoms with Gasteiger partial charge >= 0.3 is 5.97 Å². The van der Waals surface area contributed by atoms with E-state index in [1.165, 1.54) is 18.9 Å². The highest BCUT2D eigenvalue weighted by Crippen LogP contribution is 2.39. The molecule has 0 saturated heterocycles. The third-order valence-electron chi connectivity index (χ3n) is 3.94. The van der Waals surface area contributed by atoms with Gasteiger partial charge in [-0.1, -0.05) is 23.9 Å². The topological polar surface area (TPSA) is 86.1 Å². The second-order valence-electron chi connectivity index (χ2n) is 5.73. The molecule has 2 aromatic rings. The van der Waals surface area contributed by atoms with Crippen molar-refractivity contribution in [2.45, 2.75) is 37.4 Å². The summed E-state index contributed by atoms with van der Waals surface area (Å²) in [6.07, 6.45) is 2.32. The van der Waals surface area contributed by atoms with Crippen molar-refractivity contribution in [1.29, 1.82) is 0 Å². The van der Waals surface area contributed by atoms with Crippen LogP contribution >= 0.6 is 11.8 Å². The maximum absolute atomic E-state index is 12.3. The minimum Gasteiger partial charge on any atom is -0.465 e. The van der Waals surface area contributed by atoms with E-state index in [1.807, 2.05) is 6.92 Å². The molecule has 0 aliphatic heterocycles. The van der Waals surface area contributed by atoms with Crippen LogP contribution in [0.2, 0.25) is 0 Å². The van der Waals surface area contributed by atoms with Crippen LogP contribution in [0.1, 0.15) is 41.9 Å². The molecule has 1 heterocycles. The number of hydrogen-bond donors (Lipinski definition) is 1. The van der Waals surface area contributed by atoms with Crippen LogP contribution in [-0.2, 0) is 16.1 Å². The summed E-state index contributed by atoms with van der Waals surface area (Å²) >= 11 is 1.35. The summed E-state index contributed by atoms with van der Waals surface area (Å²) in [5.74, 6) is 1.03. The average molecular weight is 360 g/mol. The second-order valence-corrected chi connectivity index (χ2v) is 6.68. The molecule has 0 atom stereocenters. The van der Waals surface area contributed by atoms with Gasteiger partial charge in [0, 0.05) is 12.5 Å². The zero-order valence-corrected chi connectivity index (χ0v) is 15.0. The molecule has 132 valence electrons. The number of carbonyl (C=O) groups is 2. The molecule has 1 saturated carbocycles. The molecular weight excluding hydrogens is 340 g/mol. The van der Waals surface area contributed by atoms with Crippen molar-refractivity contribution < 1.29 is 14.3 Å². The highest BCUT2D eigenvalue weighted by molar-refractivity contribution is 7.99. The van der Waals surface area contributed by atoms with Gasteiger partial charge in [0.05, 0.1) is 24.1 Å². The standard InChI is InChI=1S/C17H20N4O3S/c1-3-21-15(11-8-9-11)19-20-17(21)25-10-14(22)18-13-7-5-4-6-12(13)16(23)24-2/h4-7,11H,3,8-10H2,1-2H3,(H,18,22). The van der Waals surface area contributed by atoms with E-state index in [-0.39, 0.29) is 11.7 Å². The number of rotatable bonds is 7. The normalized spacial score (nSPS) is 13.5. The average Bonchev–Trinajstić information content (AvgIpc) is 3.39. The molecule has 0 unspecified atom stereocenters. The minimum atomic E-state index is -0.483. The maximum atomic E-state index is 12.3. The fourth-order valence-electron chi connectivity index (χ4n) is 2.54. The Labute approximate surface area is 150 Å². The third kappa shape index (κ3) is 4.01. The molecule has 7 nitrogen and oxygen atoms in total. The lowest BCUT2D eigenvalue weighted by atomic mass is 10.2. The number of thioether (sulfide) groups is 1. The van der Waals surface area contributed by atoms with E-state index in [0.29, 0.717) is 17.2 Å². The number of aromatic nitrogens is 3. The van der Waals surface area contributed by atoms with Crippen LogP contribution in [0.15, 0.2) is 29.4 Å². The van der Waals surface area contributed by atoms with Gasteiger partial charge < -0.3 is 14.6 Å². The Morgan fingerprint density at radius 3 is 2.76 bits per heavy atom. The number of methoxy groups -OCH3 is 1. The lowest BCUT2D eigenvalue weighted by molar-refractivity contribution is -0.113. The van der Waals surface area contributed by atoms with Gasteiger partial charge in [-0.05, 0) is 31.9 Å². The molecule has 25 heavy (non-hydrogen) atoms. The van der Waals surface area contributed by atoms with Crippen LogP contribution < -0.4 is 5.32 Å². The number of nitrogens with zero attached hydrogens (tertiary/aromatic N) is 3. The molecule has 0 spiro atoms. The van der Waals surface area contributed by atoms with Gasteiger partial charge in [0.25, 0.3) is 0 Å². The van der Waals surface area contributed by atoms with Crippen molar-refractivity contribution in [1.82, 2.24) is 14.8 Å². The van der Waals surface area contributed by atoms with Crippen LogP contribution in [0.3, 0.4) is 0 Å². The number of amides is 1. The first-order valence-electron chi connectivity index (χ1n) is 8.17. The van der Waals surface area contributed by atoms with Crippen molar-refractivity contribution >= 4 is 29.3 Å². The summed E-state index contributed by atoms with van der Waals surface area (Å²) in [7, 11) is 1.31. The quantitative estimate of drug-likeness (QED) is 0.603. The number of carbonyl (C=O) groups excluding carboxylic acids is 2. The molecule has 3 rings (SSSR count). The summed E-state index contributed by atoms with van der Waals surface area (Å²) in [5, 5.41) is 12.0. The monoisotopic (exact) mass is 360 g/mol. The van der Waals surface area contributed by atoms with Crippen molar-refractivity contribution in [3.8, 4) is 0 Å². The fourth-order valence-corrected chi connectivity index (χ4v) is 3.35. The van der Waals surface area contributed by atoms with Gasteiger partial charge in [0.15, 0.2) is 5.16 Å². The first kappa shape index (κ1) is 17.5. The van der Waals surface area contributed by atoms with Gasteiger partial charge in [0.1, 0.15) is 5.82 Å². The number of ether oxygens (including phenoxy) is 1. The van der Waals surface area contributed by atoms with Gasteiger partial charge in [-0.2, -0.15) is 0 Å². The highest BCUT2D eigenvalue weighted by Gasteiger charge is 2.30. The molecule has 1 aliphatic carbocycles. The maximum Gasteiger partial charge on any atom is 0.339 e. The Morgan fingerprint density at radius 1 is 1.32 bits per heavy atom. The Bertz CT molecular complexity index is 786. The SMILES string of the molecule is CCn1c(SCC(=O)Nc2ccccc2C(=O)OC)nnc1C1CC1. The molecule has 8 heteroatoms. The minimum absolute atomic E-state index is 0.193. The van der Waals surface area contributed by atoms with Crippen molar-refractivity contribution in [3.63, 3.8) is 0 Å². The lowest BCUT2D eigenvalue weighted by Gasteiger charge is -2.10. The predicted octanol–water partition coefficient (Wildman–Crippen LogP) is 2.69. The molecule has 1 fully saturated rings. The lowest BCUT2D eigenvalue weighted by Crippen LogP contribution is -2.17. The fraction of sp³-hybridized carbons (Fsp3) is 0.412. The van der Waals surface area contributed by atoms with Gasteiger partial charge in [-0.3, -0.25) is 4.79 Å². The van der Waals surface area contributed by atoms with E-state index in [1.54, 1.807) is 24.3 Å². The van der Waals surface area contributed by atoms with Gasteiger partial charge in [0.2, 0.25) is 5.91 Å². The van der Waals surface area contributed by atoms with E-state index in [4.69, 9.17) is 4.74 Å². The molecule has 0 radical (unpaired) electrons. The van der Waals surface area contributed by atoms with Crippen molar-refractivity contribution in [2.75, 3.05) is 18.2 Å². The van der Waals surface area contributed by atoms with Crippen LogP contribution in [-0.4, -0.2) is 39.5 Å². The number of esters is 1. The van der Waals surface area contributed by atoms with E-state index in [0.717, 1.165) is 30.4 Å². The second kappa shape index (κ2) is 7.69. The Kier molecular flexibility index (Phi) is 5.37. The Balaban J connectivity index is 1.63. The zero-order valence-electron chi connectivity index (χ0n) is 14.2. The third-order valence-corrected chi connectivity index (χ3v) is 4.91. The number of para-hydroxylation sites is 1. The van der Waals surface area contributed by atoms with E-state index < -0.39 is 5.97 Å². The largest absolute Gasteiger partial charge is 0.465 e. The summed E-state index contributed by atoms with van der Waals surface area (Å²) < 4.78 is 6.80. The van der Waals surface area contributed by atoms with Crippen molar-refractivity contribution in [2.24, 2.45) is 0 Å². The highest BCUT2D eigenvalue weighted by atomic mass is 32.2. The molecule has 1 aromatic carbocycles.